The van der Waals surface area contributed by atoms with Crippen molar-refractivity contribution in [3.8, 4) is 39.4 Å². The van der Waals surface area contributed by atoms with Gasteiger partial charge in [0.2, 0.25) is 23.6 Å². The van der Waals surface area contributed by atoms with Gasteiger partial charge in [0.05, 0.1) is 47.5 Å². The van der Waals surface area contributed by atoms with Gasteiger partial charge in [0.15, 0.2) is 0 Å². The minimum Gasteiger partial charge on any atom is -0.870 e. The molecule has 0 radical (unpaired) electrons. The number of aromatic nitrogens is 6. The van der Waals surface area contributed by atoms with E-state index in [1.165, 1.54) is 0 Å². The van der Waals surface area contributed by atoms with Crippen LogP contribution < -0.4 is 55.7 Å². The molecule has 4 fully saturated rings. The molecule has 10 heterocycles. The van der Waals surface area contributed by atoms with Crippen molar-refractivity contribution < 1.29 is 63.8 Å². The summed E-state index contributed by atoms with van der Waals surface area (Å²) < 4.78 is 0. The Morgan fingerprint density at radius 3 is 1.09 bits per heavy atom. The van der Waals surface area contributed by atoms with E-state index in [0.717, 1.165) is 162 Å². The number of fused-ring (bicyclic) bond motifs is 9. The summed E-state index contributed by atoms with van der Waals surface area (Å²) in [7, 11) is 3.90. The summed E-state index contributed by atoms with van der Waals surface area (Å²) in [6.07, 6.45) is 18.0. The SMILES string of the molecule is CN(C)C1(C(=O)N2CC3(C2)C(=O)N(Cc2ncc4ccccc4c2-c2ccc(C(N)=O)nc2)c2ccccc23)CC1.N#Cc1ccc(-c2c(CN3C(=O)C4(CCC4)c4ccccc43)ncc3ccccc23)cn1.NC(=O)c1ccc(-c2c(CN3C(=O)C4(CCC4)c4ccccc43)ncc3ccccc23)cn1.[Na+].[OH-]. The van der Waals surface area contributed by atoms with E-state index in [0.29, 0.717) is 37.6 Å². The van der Waals surface area contributed by atoms with Gasteiger partial charge >= 0.3 is 29.6 Å². The van der Waals surface area contributed by atoms with Gasteiger partial charge in [-0.2, -0.15) is 5.26 Å². The first-order valence-corrected chi connectivity index (χ1v) is 35.7. The Hall–Kier alpha value is -11.8. The van der Waals surface area contributed by atoms with Crippen molar-refractivity contribution >= 4 is 84.8 Å². The Kier molecular flexibility index (Phi) is 18.7. The molecule has 4 aliphatic heterocycles. The normalized spacial score (nSPS) is 16.6. The molecule has 108 heavy (non-hydrogen) atoms. The van der Waals surface area contributed by atoms with Crippen LogP contribution in [0.5, 0.6) is 0 Å². The van der Waals surface area contributed by atoms with Gasteiger partial charge in [-0.25, -0.2) is 4.98 Å². The number of primary amides is 2. The largest absolute Gasteiger partial charge is 1.00 e. The first-order chi connectivity index (χ1) is 51.5. The molecule has 3 spiro atoms. The van der Waals surface area contributed by atoms with Gasteiger partial charge in [-0.1, -0.05) is 152 Å². The second kappa shape index (κ2) is 28.2. The molecule has 0 bridgehead atoms. The number of nitriles is 1. The molecule has 12 aromatic rings. The Morgan fingerprint density at radius 1 is 0.435 bits per heavy atom. The smallest absolute Gasteiger partial charge is 0.870 e. The van der Waals surface area contributed by atoms with Crippen molar-refractivity contribution in [1.82, 2.24) is 39.7 Å². The van der Waals surface area contributed by atoms with E-state index in [4.69, 9.17) is 31.7 Å². The number of carbonyl (C=O) groups excluding carboxylic acids is 6. The molecule has 3 aliphatic carbocycles. The second-order valence-electron chi connectivity index (χ2n) is 28.9. The van der Waals surface area contributed by atoms with E-state index in [1.807, 2.05) is 203 Å². The molecule has 6 aromatic carbocycles. The molecule has 1 saturated heterocycles. The second-order valence-corrected chi connectivity index (χ2v) is 28.9. The number of likely N-dealkylation sites (N-methyl/N-ethyl adjacent to an activating group) is 1. The van der Waals surface area contributed by atoms with Crippen LogP contribution in [0.4, 0.5) is 17.1 Å². The van der Waals surface area contributed by atoms with Crippen LogP contribution in [0.2, 0.25) is 0 Å². The predicted octanol–water partition coefficient (Wildman–Crippen LogP) is 9.45. The number of para-hydroxylation sites is 3. The summed E-state index contributed by atoms with van der Waals surface area (Å²) >= 11 is 0. The number of hydrogen-bond acceptors (Lipinski definition) is 15. The quantitative estimate of drug-likeness (QED) is 0.102. The molecule has 0 unspecified atom stereocenters. The maximum atomic E-state index is 14.3. The van der Waals surface area contributed by atoms with Crippen molar-refractivity contribution in [2.75, 3.05) is 41.9 Å². The molecule has 7 aliphatic rings. The molecule has 6 amide bonds. The average Bonchev–Trinajstić information content (AvgIpc) is 1.52. The molecule has 3 saturated carbocycles. The number of rotatable bonds is 13. The van der Waals surface area contributed by atoms with Gasteiger partial charge in [-0.05, 0) is 128 Å². The Morgan fingerprint density at radius 2 is 0.778 bits per heavy atom. The number of amides is 6. The van der Waals surface area contributed by atoms with Crippen LogP contribution >= 0.6 is 0 Å². The van der Waals surface area contributed by atoms with Gasteiger partial charge in [0, 0.05) is 117 Å². The molecule has 22 heteroatoms. The summed E-state index contributed by atoms with van der Waals surface area (Å²) in [6.45, 7) is 1.78. The number of carbonyl (C=O) groups is 6. The number of pyridine rings is 6. The zero-order chi connectivity index (χ0) is 72.8. The third kappa shape index (κ3) is 11.7. The third-order valence-electron chi connectivity index (χ3n) is 23.0. The number of benzene rings is 6. The minimum absolute atomic E-state index is 0. The van der Waals surface area contributed by atoms with Gasteiger partial charge in [0.25, 0.3) is 11.8 Å². The summed E-state index contributed by atoms with van der Waals surface area (Å²) in [6, 6.07) is 60.8. The minimum atomic E-state index is -0.754. The summed E-state index contributed by atoms with van der Waals surface area (Å²) in [4.78, 5) is 115. The fourth-order valence-electron chi connectivity index (χ4n) is 17.0. The molecule has 6 aromatic heterocycles. The van der Waals surface area contributed by atoms with E-state index in [1.54, 1.807) is 36.8 Å². The summed E-state index contributed by atoms with van der Waals surface area (Å²) in [5.74, 6) is -0.712. The first-order valence-electron chi connectivity index (χ1n) is 35.7. The molecular formula is C86H73N14NaO7. The molecule has 21 nitrogen and oxygen atoms in total. The number of likely N-dealkylation sites (tertiary alicyclic amines) is 1. The standard InChI is InChI=1S/C32H30N6O3.C27H22N4O2.C27H20N4O.Na.H2O/c1-36(2)32(13-14-32)30(41)37-18-31(19-37)23-9-5-6-10-26(23)38(29(31)40)17-25-27(21-11-12-24(28(33)39)34-16-21)22-8-4-3-7-20(22)15-35-25;28-25(32)21-11-10-18(15-29-21)24-19-7-2-1-6-17(19)14-30-22(24)16-31-23-9-4-3-8-20(23)27(26(31)33)12-5-13-27;28-14-20-11-10-19(16-29-20)25-21-7-2-1-6-18(21)15-30-23(25)17-31-24-9-4-3-8-22(24)27(26(31)32)12-5-13-27;;/h3-12,15-16H,13-14,17-19H2,1-2H3,(H2,33,39);1-4,6-11,14-15H,5,12-13,16H2,(H2,28,32);1-4,6-11,15-16H,5,12-13,17H2;;1H2/q;;;+1;/p-1. The van der Waals surface area contributed by atoms with Gasteiger partial charge in [-0.3, -0.25) is 58.6 Å². The van der Waals surface area contributed by atoms with Crippen molar-refractivity contribution in [1.29, 1.82) is 5.26 Å². The summed E-state index contributed by atoms with van der Waals surface area (Å²) in [5.41, 5.74) is 23.3. The zero-order valence-electron chi connectivity index (χ0n) is 59.9. The van der Waals surface area contributed by atoms with Crippen LogP contribution in [0, 0.1) is 11.3 Å². The molecule has 5 N–H and O–H groups in total. The molecule has 530 valence electrons. The molecular weight excluding hydrogens is 1360 g/mol. The Labute approximate surface area is 644 Å². The van der Waals surface area contributed by atoms with Crippen molar-refractivity contribution in [3.05, 3.63) is 270 Å². The van der Waals surface area contributed by atoms with E-state index < -0.39 is 22.8 Å². The monoisotopic (exact) mass is 1440 g/mol. The first kappa shape index (κ1) is 71.8. The van der Waals surface area contributed by atoms with Crippen LogP contribution in [0.3, 0.4) is 0 Å². The topological polar surface area (TPSA) is 302 Å². The fraction of sp³-hybridized carbons (Fsp3) is 0.221. The van der Waals surface area contributed by atoms with E-state index in [-0.39, 0.29) is 87.4 Å². The zero-order valence-corrected chi connectivity index (χ0v) is 61.9. The Balaban J connectivity index is 0.000000129. The predicted molar refractivity (Wildman–Crippen MR) is 406 cm³/mol. The number of nitrogens with two attached hydrogens (primary N) is 2. The maximum Gasteiger partial charge on any atom is 1.00 e. The average molecular weight is 1440 g/mol. The fourth-order valence-corrected chi connectivity index (χ4v) is 17.0. The third-order valence-corrected chi connectivity index (χ3v) is 23.0. The molecule has 0 atom stereocenters. The van der Waals surface area contributed by atoms with Crippen molar-refractivity contribution in [2.24, 2.45) is 11.5 Å². The number of anilines is 3. The van der Waals surface area contributed by atoms with Gasteiger partial charge < -0.3 is 36.5 Å². The number of hydrogen-bond donors (Lipinski definition) is 2. The van der Waals surface area contributed by atoms with Gasteiger partial charge in [0.1, 0.15) is 34.1 Å². The van der Waals surface area contributed by atoms with Crippen LogP contribution in [0.25, 0.3) is 65.7 Å². The molecule has 19 rings (SSSR count). The number of nitrogens with zero attached hydrogens (tertiary/aromatic N) is 12. The Bertz CT molecular complexity index is 5690. The van der Waals surface area contributed by atoms with E-state index >= 15 is 0 Å². The van der Waals surface area contributed by atoms with E-state index in [9.17, 15) is 28.8 Å². The van der Waals surface area contributed by atoms with Crippen molar-refractivity contribution in [2.45, 2.75) is 92.8 Å². The van der Waals surface area contributed by atoms with Crippen molar-refractivity contribution in [3.63, 3.8) is 0 Å². The maximum absolute atomic E-state index is 14.3. The van der Waals surface area contributed by atoms with E-state index in [2.05, 4.69) is 39.2 Å². The van der Waals surface area contributed by atoms with Gasteiger partial charge in [-0.15, -0.1) is 0 Å². The van der Waals surface area contributed by atoms with Crippen LogP contribution in [-0.4, -0.2) is 113 Å². The van der Waals surface area contributed by atoms with Crippen LogP contribution in [0.15, 0.2) is 219 Å². The summed E-state index contributed by atoms with van der Waals surface area (Å²) in [5, 5.41) is 15.2. The van der Waals surface area contributed by atoms with Crippen LogP contribution in [0.1, 0.15) is 112 Å². The van der Waals surface area contributed by atoms with Crippen LogP contribution in [-0.2, 0) is 55.1 Å².